The van der Waals surface area contributed by atoms with Crippen LogP contribution in [-0.4, -0.2) is 29.2 Å². The van der Waals surface area contributed by atoms with E-state index in [2.05, 4.69) is 30.3 Å². The lowest BCUT2D eigenvalue weighted by Crippen LogP contribution is -2.39. The average molecular weight is 317 g/mol. The Bertz CT molecular complexity index is 478. The summed E-state index contributed by atoms with van der Waals surface area (Å²) in [5.41, 5.74) is 1.02. The third-order valence-corrected chi connectivity index (χ3v) is 4.35. The molecule has 0 spiro atoms. The zero-order chi connectivity index (χ0) is 16.7. The molecule has 0 aliphatic carbocycles. The molecule has 0 aromatic heterocycles. The molecule has 1 atom stereocenters. The first-order valence-electron chi connectivity index (χ1n) is 8.99. The number of amides is 1. The zero-order valence-electron chi connectivity index (χ0n) is 14.9. The largest absolute Gasteiger partial charge is 0.444 e. The summed E-state index contributed by atoms with van der Waals surface area (Å²) in [7, 11) is 0. The highest BCUT2D eigenvalue weighted by molar-refractivity contribution is 5.68. The van der Waals surface area contributed by atoms with E-state index in [1.165, 1.54) is 24.8 Å². The molecule has 1 heterocycles. The van der Waals surface area contributed by atoms with E-state index in [0.29, 0.717) is 6.04 Å². The minimum absolute atomic E-state index is 0.135. The molecule has 3 heteroatoms. The number of benzene rings is 1. The summed E-state index contributed by atoms with van der Waals surface area (Å²) in [5, 5.41) is 0. The van der Waals surface area contributed by atoms with Crippen molar-refractivity contribution in [3.63, 3.8) is 0 Å². The van der Waals surface area contributed by atoms with Gasteiger partial charge in [-0.2, -0.15) is 0 Å². The lowest BCUT2D eigenvalue weighted by Gasteiger charge is -2.28. The van der Waals surface area contributed by atoms with E-state index in [4.69, 9.17) is 4.74 Å². The van der Waals surface area contributed by atoms with Gasteiger partial charge in [-0.25, -0.2) is 4.79 Å². The number of unbranched alkanes of at least 4 members (excludes halogenated alkanes) is 2. The Kier molecular flexibility index (Phi) is 6.49. The van der Waals surface area contributed by atoms with Gasteiger partial charge in [0.2, 0.25) is 0 Å². The maximum absolute atomic E-state index is 12.2. The number of aryl methyl sites for hydroxylation is 1. The van der Waals surface area contributed by atoms with E-state index in [1.807, 2.05) is 25.7 Å². The van der Waals surface area contributed by atoms with Gasteiger partial charge in [-0.1, -0.05) is 43.2 Å². The van der Waals surface area contributed by atoms with Crippen molar-refractivity contribution in [2.24, 2.45) is 0 Å². The van der Waals surface area contributed by atoms with Crippen LogP contribution in [0.3, 0.4) is 0 Å². The first-order valence-corrected chi connectivity index (χ1v) is 8.99. The fourth-order valence-electron chi connectivity index (χ4n) is 3.23. The summed E-state index contributed by atoms with van der Waals surface area (Å²) in [4.78, 5) is 14.2. The number of rotatable bonds is 6. The van der Waals surface area contributed by atoms with Crippen LogP contribution in [-0.2, 0) is 11.2 Å². The Labute approximate surface area is 141 Å². The van der Waals surface area contributed by atoms with E-state index >= 15 is 0 Å². The fourth-order valence-corrected chi connectivity index (χ4v) is 3.23. The average Bonchev–Trinajstić information content (AvgIpc) is 2.95. The molecule has 2 rings (SSSR count). The monoisotopic (exact) mass is 317 g/mol. The molecule has 1 aromatic rings. The van der Waals surface area contributed by atoms with Crippen LogP contribution >= 0.6 is 0 Å². The van der Waals surface area contributed by atoms with Gasteiger partial charge in [0.1, 0.15) is 5.60 Å². The second-order valence-corrected chi connectivity index (χ2v) is 7.55. The quantitative estimate of drug-likeness (QED) is 0.676. The SMILES string of the molecule is CC(C)(C)OC(=O)N1CCC[C@H]1CCCCCc1ccccc1. The highest BCUT2D eigenvalue weighted by Crippen LogP contribution is 2.24. The number of ether oxygens (including phenoxy) is 1. The molecule has 1 aliphatic rings. The maximum Gasteiger partial charge on any atom is 0.410 e. The fraction of sp³-hybridized carbons (Fsp3) is 0.650. The first-order chi connectivity index (χ1) is 11.0. The van der Waals surface area contributed by atoms with Crippen LogP contribution < -0.4 is 0 Å². The molecular formula is C20H31NO2. The minimum Gasteiger partial charge on any atom is -0.444 e. The van der Waals surface area contributed by atoms with E-state index in [-0.39, 0.29) is 6.09 Å². The molecular weight excluding hydrogens is 286 g/mol. The lowest BCUT2D eigenvalue weighted by atomic mass is 10.0. The molecule has 0 radical (unpaired) electrons. The molecule has 128 valence electrons. The standard InChI is InChI=1S/C20H31NO2/c1-20(2,3)23-19(22)21-16-10-15-18(21)14-9-5-8-13-17-11-6-4-7-12-17/h4,6-7,11-12,18H,5,8-10,13-16H2,1-3H3/t18-/m1/s1. The zero-order valence-corrected chi connectivity index (χ0v) is 14.9. The van der Waals surface area contributed by atoms with Crippen molar-refractivity contribution >= 4 is 6.09 Å². The van der Waals surface area contributed by atoms with Gasteiger partial charge in [0.25, 0.3) is 0 Å². The van der Waals surface area contributed by atoms with Crippen molar-refractivity contribution in [2.75, 3.05) is 6.54 Å². The number of likely N-dealkylation sites (tertiary alicyclic amines) is 1. The Balaban J connectivity index is 1.67. The molecule has 0 N–H and O–H groups in total. The predicted octanol–water partition coefficient (Wildman–Crippen LogP) is 5.19. The van der Waals surface area contributed by atoms with Gasteiger partial charge < -0.3 is 9.64 Å². The summed E-state index contributed by atoms with van der Waals surface area (Å²) < 4.78 is 5.52. The molecule has 0 bridgehead atoms. The Morgan fingerprint density at radius 2 is 1.91 bits per heavy atom. The van der Waals surface area contributed by atoms with E-state index in [1.54, 1.807) is 0 Å². The summed E-state index contributed by atoms with van der Waals surface area (Å²) in [6.45, 7) is 6.64. The summed E-state index contributed by atoms with van der Waals surface area (Å²) >= 11 is 0. The van der Waals surface area contributed by atoms with Gasteiger partial charge in [-0.05, 0) is 58.4 Å². The third-order valence-electron chi connectivity index (χ3n) is 4.35. The van der Waals surface area contributed by atoms with E-state index < -0.39 is 5.60 Å². The van der Waals surface area contributed by atoms with Gasteiger partial charge >= 0.3 is 6.09 Å². The number of carbonyl (C=O) groups excluding carboxylic acids is 1. The molecule has 0 unspecified atom stereocenters. The van der Waals surface area contributed by atoms with Crippen LogP contribution in [0.4, 0.5) is 4.79 Å². The third kappa shape index (κ3) is 6.25. The van der Waals surface area contributed by atoms with Gasteiger partial charge in [0, 0.05) is 12.6 Å². The number of hydrogen-bond donors (Lipinski definition) is 0. The minimum atomic E-state index is -0.403. The van der Waals surface area contributed by atoms with Crippen molar-refractivity contribution in [3.05, 3.63) is 35.9 Å². The Morgan fingerprint density at radius 3 is 2.61 bits per heavy atom. The van der Waals surface area contributed by atoms with Gasteiger partial charge in [-0.15, -0.1) is 0 Å². The smallest absolute Gasteiger partial charge is 0.410 e. The van der Waals surface area contributed by atoms with Crippen molar-refractivity contribution in [2.45, 2.75) is 77.4 Å². The molecule has 1 fully saturated rings. The molecule has 1 saturated heterocycles. The Hall–Kier alpha value is -1.51. The van der Waals surface area contributed by atoms with Crippen LogP contribution in [0, 0.1) is 0 Å². The van der Waals surface area contributed by atoms with Gasteiger partial charge in [0.05, 0.1) is 0 Å². The number of carbonyl (C=O) groups is 1. The Morgan fingerprint density at radius 1 is 1.17 bits per heavy atom. The van der Waals surface area contributed by atoms with Crippen molar-refractivity contribution in [1.29, 1.82) is 0 Å². The van der Waals surface area contributed by atoms with Crippen LogP contribution in [0.25, 0.3) is 0 Å². The van der Waals surface area contributed by atoms with E-state index in [0.717, 1.165) is 32.2 Å². The summed E-state index contributed by atoms with van der Waals surface area (Å²) in [5.74, 6) is 0. The topological polar surface area (TPSA) is 29.5 Å². The second kappa shape index (κ2) is 8.37. The summed E-state index contributed by atoms with van der Waals surface area (Å²) in [6.07, 6.45) is 8.00. The van der Waals surface area contributed by atoms with Crippen LogP contribution in [0.15, 0.2) is 30.3 Å². The van der Waals surface area contributed by atoms with Crippen LogP contribution in [0.1, 0.15) is 64.9 Å². The maximum atomic E-state index is 12.2. The second-order valence-electron chi connectivity index (χ2n) is 7.55. The van der Waals surface area contributed by atoms with Gasteiger partial charge in [-0.3, -0.25) is 0 Å². The summed E-state index contributed by atoms with van der Waals surface area (Å²) in [6, 6.07) is 11.0. The van der Waals surface area contributed by atoms with Crippen molar-refractivity contribution in [1.82, 2.24) is 4.90 Å². The highest BCUT2D eigenvalue weighted by Gasteiger charge is 2.31. The lowest BCUT2D eigenvalue weighted by molar-refractivity contribution is 0.0218. The molecule has 1 amide bonds. The van der Waals surface area contributed by atoms with Crippen molar-refractivity contribution < 1.29 is 9.53 Å². The highest BCUT2D eigenvalue weighted by atomic mass is 16.6. The molecule has 3 nitrogen and oxygen atoms in total. The van der Waals surface area contributed by atoms with Crippen molar-refractivity contribution in [3.8, 4) is 0 Å². The number of hydrogen-bond acceptors (Lipinski definition) is 2. The number of nitrogens with zero attached hydrogens (tertiary/aromatic N) is 1. The van der Waals surface area contributed by atoms with Crippen LogP contribution in [0.2, 0.25) is 0 Å². The first kappa shape index (κ1) is 17.8. The van der Waals surface area contributed by atoms with Gasteiger partial charge in [0.15, 0.2) is 0 Å². The molecule has 1 aromatic carbocycles. The predicted molar refractivity (Wildman–Crippen MR) is 94.6 cm³/mol. The molecule has 0 saturated carbocycles. The molecule has 23 heavy (non-hydrogen) atoms. The normalized spacial score (nSPS) is 18.2. The molecule has 1 aliphatic heterocycles. The van der Waals surface area contributed by atoms with E-state index in [9.17, 15) is 4.79 Å². The van der Waals surface area contributed by atoms with Crippen LogP contribution in [0.5, 0.6) is 0 Å².